The van der Waals surface area contributed by atoms with E-state index in [-0.39, 0.29) is 11.5 Å². The van der Waals surface area contributed by atoms with Gasteiger partial charge in [0.2, 0.25) is 0 Å². The number of anilines is 1. The smallest absolute Gasteiger partial charge is 0.263 e. The van der Waals surface area contributed by atoms with E-state index in [1.165, 1.54) is 6.20 Å². The maximum atomic E-state index is 12.2. The van der Waals surface area contributed by atoms with Crippen molar-refractivity contribution in [2.45, 2.75) is 20.3 Å². The monoisotopic (exact) mass is 349 g/mol. The van der Waals surface area contributed by atoms with Crippen LogP contribution in [0, 0.1) is 25.2 Å². The van der Waals surface area contributed by atoms with Gasteiger partial charge < -0.3 is 15.4 Å². The lowest BCUT2D eigenvalue weighted by molar-refractivity contribution is -0.117. The van der Waals surface area contributed by atoms with Gasteiger partial charge in [-0.25, -0.2) is 0 Å². The maximum Gasteiger partial charge on any atom is 0.263 e. The summed E-state index contributed by atoms with van der Waals surface area (Å²) in [6, 6.07) is 15.5. The molecule has 0 heterocycles. The summed E-state index contributed by atoms with van der Waals surface area (Å²) in [5.41, 5.74) is 4.15. The lowest BCUT2D eigenvalue weighted by Crippen LogP contribution is -2.27. The molecule has 0 bridgehead atoms. The van der Waals surface area contributed by atoms with Gasteiger partial charge in [-0.2, -0.15) is 5.26 Å². The first-order chi connectivity index (χ1) is 12.5. The predicted octanol–water partition coefficient (Wildman–Crippen LogP) is 3.49. The molecule has 0 aliphatic carbocycles. The highest BCUT2D eigenvalue weighted by Gasteiger charge is 2.09. The molecule has 134 valence electrons. The van der Waals surface area contributed by atoms with Gasteiger partial charge >= 0.3 is 0 Å². The highest BCUT2D eigenvalue weighted by atomic mass is 16.5. The molecular weight excluding hydrogens is 326 g/mol. The summed E-state index contributed by atoms with van der Waals surface area (Å²) in [7, 11) is 1.62. The molecule has 0 spiro atoms. The molecule has 0 atom stereocenters. The SMILES string of the molecule is COc1ccc(CCNC(=O)/C(C#N)=C\Nc2c(C)cccc2C)cc1. The average molecular weight is 349 g/mol. The third kappa shape index (κ3) is 5.12. The van der Waals surface area contributed by atoms with Crippen LogP contribution >= 0.6 is 0 Å². The Morgan fingerprint density at radius 3 is 2.38 bits per heavy atom. The molecule has 0 saturated carbocycles. The number of para-hydroxylation sites is 1. The largest absolute Gasteiger partial charge is 0.497 e. The van der Waals surface area contributed by atoms with E-state index in [0.717, 1.165) is 28.1 Å². The fourth-order valence-electron chi connectivity index (χ4n) is 2.54. The Hall–Kier alpha value is -3.26. The standard InChI is InChI=1S/C21H23N3O2/c1-15-5-4-6-16(2)20(15)24-14-18(13-22)21(25)23-12-11-17-7-9-19(26-3)10-8-17/h4-10,14,24H,11-12H2,1-3H3,(H,23,25)/b18-14-. The molecule has 26 heavy (non-hydrogen) atoms. The Morgan fingerprint density at radius 2 is 1.81 bits per heavy atom. The number of nitrogens with one attached hydrogen (secondary N) is 2. The number of hydrogen-bond acceptors (Lipinski definition) is 4. The second-order valence-corrected chi connectivity index (χ2v) is 5.93. The fourth-order valence-corrected chi connectivity index (χ4v) is 2.54. The first-order valence-electron chi connectivity index (χ1n) is 8.39. The third-order valence-corrected chi connectivity index (χ3v) is 4.07. The molecule has 2 aromatic rings. The van der Waals surface area contributed by atoms with Crippen molar-refractivity contribution in [3.05, 3.63) is 70.9 Å². The molecule has 0 saturated heterocycles. The summed E-state index contributed by atoms with van der Waals surface area (Å²) in [6.07, 6.45) is 2.14. The van der Waals surface area contributed by atoms with E-state index < -0.39 is 0 Å². The topological polar surface area (TPSA) is 74.1 Å². The number of nitriles is 1. The van der Waals surface area contributed by atoms with Crippen molar-refractivity contribution in [1.29, 1.82) is 5.26 Å². The van der Waals surface area contributed by atoms with Gasteiger partial charge in [-0.15, -0.1) is 0 Å². The Labute approximate surface area is 154 Å². The van der Waals surface area contributed by atoms with E-state index in [9.17, 15) is 10.1 Å². The number of hydrogen-bond donors (Lipinski definition) is 2. The second kappa shape index (κ2) is 9.28. The number of benzene rings is 2. The number of amides is 1. The van der Waals surface area contributed by atoms with Crippen LogP contribution in [0.15, 0.2) is 54.2 Å². The number of carbonyl (C=O) groups is 1. The van der Waals surface area contributed by atoms with Crippen LogP contribution in [0.4, 0.5) is 5.69 Å². The van der Waals surface area contributed by atoms with E-state index in [0.29, 0.717) is 13.0 Å². The molecule has 5 nitrogen and oxygen atoms in total. The number of rotatable bonds is 7. The minimum atomic E-state index is -0.389. The predicted molar refractivity (Wildman–Crippen MR) is 103 cm³/mol. The van der Waals surface area contributed by atoms with E-state index in [4.69, 9.17) is 4.74 Å². The van der Waals surface area contributed by atoms with Gasteiger partial charge in [-0.1, -0.05) is 30.3 Å². The molecule has 0 unspecified atom stereocenters. The number of carbonyl (C=O) groups excluding carboxylic acids is 1. The highest BCUT2D eigenvalue weighted by molar-refractivity contribution is 5.97. The molecule has 0 fully saturated rings. The van der Waals surface area contributed by atoms with Crippen molar-refractivity contribution in [2.24, 2.45) is 0 Å². The number of aryl methyl sites for hydroxylation is 2. The first kappa shape index (κ1) is 19.1. The van der Waals surface area contributed by atoms with Crippen molar-refractivity contribution < 1.29 is 9.53 Å². The number of nitrogens with zero attached hydrogens (tertiary/aromatic N) is 1. The number of methoxy groups -OCH3 is 1. The van der Waals surface area contributed by atoms with Crippen molar-refractivity contribution >= 4 is 11.6 Å². The van der Waals surface area contributed by atoms with Gasteiger partial charge in [0.25, 0.3) is 5.91 Å². The Bertz CT molecular complexity index is 813. The second-order valence-electron chi connectivity index (χ2n) is 5.93. The Morgan fingerprint density at radius 1 is 1.15 bits per heavy atom. The minimum Gasteiger partial charge on any atom is -0.497 e. The summed E-state index contributed by atoms with van der Waals surface area (Å²) in [5, 5.41) is 15.1. The van der Waals surface area contributed by atoms with Gasteiger partial charge in [0.15, 0.2) is 0 Å². The molecular formula is C21H23N3O2. The van der Waals surface area contributed by atoms with Crippen LogP contribution in [0.2, 0.25) is 0 Å². The lowest BCUT2D eigenvalue weighted by atomic mass is 10.1. The molecule has 0 aliphatic rings. The Balaban J connectivity index is 1.92. The normalized spacial score (nSPS) is 10.8. The van der Waals surface area contributed by atoms with Crippen molar-refractivity contribution in [3.63, 3.8) is 0 Å². The highest BCUT2D eigenvalue weighted by Crippen LogP contribution is 2.19. The van der Waals surface area contributed by atoms with Crippen LogP contribution in [-0.2, 0) is 11.2 Å². The van der Waals surface area contributed by atoms with Crippen molar-refractivity contribution in [2.75, 3.05) is 19.0 Å². The molecule has 2 rings (SSSR count). The van der Waals surface area contributed by atoms with E-state index >= 15 is 0 Å². The zero-order valence-electron chi connectivity index (χ0n) is 15.3. The zero-order valence-corrected chi connectivity index (χ0v) is 15.3. The number of ether oxygens (including phenoxy) is 1. The summed E-state index contributed by atoms with van der Waals surface area (Å²) in [6.45, 7) is 4.40. The molecule has 0 aromatic heterocycles. The first-order valence-corrected chi connectivity index (χ1v) is 8.39. The lowest BCUT2D eigenvalue weighted by Gasteiger charge is -2.10. The molecule has 0 radical (unpaired) electrons. The van der Waals surface area contributed by atoms with Gasteiger partial charge in [0.1, 0.15) is 17.4 Å². The summed E-state index contributed by atoms with van der Waals surface area (Å²) >= 11 is 0. The van der Waals surface area contributed by atoms with E-state index in [2.05, 4.69) is 10.6 Å². The quantitative estimate of drug-likeness (QED) is 0.593. The van der Waals surface area contributed by atoms with Crippen LogP contribution in [0.3, 0.4) is 0 Å². The molecule has 2 N–H and O–H groups in total. The van der Waals surface area contributed by atoms with Crippen molar-refractivity contribution in [3.8, 4) is 11.8 Å². The summed E-state index contributed by atoms with van der Waals surface area (Å²) in [5.74, 6) is 0.407. The zero-order chi connectivity index (χ0) is 18.9. The molecule has 5 heteroatoms. The third-order valence-electron chi connectivity index (χ3n) is 4.07. The Kier molecular flexibility index (Phi) is 6.81. The van der Waals surface area contributed by atoms with Gasteiger partial charge in [0, 0.05) is 18.4 Å². The fraction of sp³-hybridized carbons (Fsp3) is 0.238. The van der Waals surface area contributed by atoms with Gasteiger partial charge in [-0.05, 0) is 49.1 Å². The van der Waals surface area contributed by atoms with Gasteiger partial charge in [-0.3, -0.25) is 4.79 Å². The van der Waals surface area contributed by atoms with Crippen LogP contribution < -0.4 is 15.4 Å². The molecule has 2 aromatic carbocycles. The van der Waals surface area contributed by atoms with Crippen LogP contribution in [0.5, 0.6) is 5.75 Å². The van der Waals surface area contributed by atoms with Gasteiger partial charge in [0.05, 0.1) is 7.11 Å². The van der Waals surface area contributed by atoms with E-state index in [1.807, 2.05) is 62.4 Å². The minimum absolute atomic E-state index is 0.0439. The summed E-state index contributed by atoms with van der Waals surface area (Å²) < 4.78 is 5.12. The van der Waals surface area contributed by atoms with Crippen LogP contribution in [0.25, 0.3) is 0 Å². The van der Waals surface area contributed by atoms with Crippen LogP contribution in [0.1, 0.15) is 16.7 Å². The van der Waals surface area contributed by atoms with Crippen LogP contribution in [-0.4, -0.2) is 19.6 Å². The average Bonchev–Trinajstić information content (AvgIpc) is 2.65. The summed E-state index contributed by atoms with van der Waals surface area (Å²) in [4.78, 5) is 12.2. The maximum absolute atomic E-state index is 12.2. The van der Waals surface area contributed by atoms with Crippen molar-refractivity contribution in [1.82, 2.24) is 5.32 Å². The molecule has 0 aliphatic heterocycles. The van der Waals surface area contributed by atoms with E-state index in [1.54, 1.807) is 7.11 Å². The molecule has 1 amide bonds.